The summed E-state index contributed by atoms with van der Waals surface area (Å²) in [6.07, 6.45) is 5.11. The Kier molecular flexibility index (Phi) is 2.94. The van der Waals surface area contributed by atoms with E-state index in [-0.39, 0.29) is 0 Å². The predicted molar refractivity (Wildman–Crippen MR) is 54.2 cm³/mol. The summed E-state index contributed by atoms with van der Waals surface area (Å²) >= 11 is 0. The van der Waals surface area contributed by atoms with Gasteiger partial charge in [-0.15, -0.1) is 0 Å². The van der Waals surface area contributed by atoms with Crippen LogP contribution in [0.5, 0.6) is 0 Å². The molecule has 0 radical (unpaired) electrons. The van der Waals surface area contributed by atoms with Crippen molar-refractivity contribution in [3.8, 4) is 0 Å². The second-order valence-corrected chi connectivity index (χ2v) is 5.01. The third-order valence-corrected chi connectivity index (χ3v) is 1.93. The lowest BCUT2D eigenvalue weighted by Gasteiger charge is -2.14. The van der Waals surface area contributed by atoms with Gasteiger partial charge in [0.15, 0.2) is 0 Å². The second-order valence-electron chi connectivity index (χ2n) is 5.01. The molecule has 1 heteroatoms. The Morgan fingerprint density at radius 2 is 2.00 bits per heavy atom. The van der Waals surface area contributed by atoms with Crippen LogP contribution in [0.15, 0.2) is 11.6 Å². The first kappa shape index (κ1) is 9.79. The minimum Gasteiger partial charge on any atom is -0.310 e. The standard InChI is InChI=1S/C11H21N/c1-9(7-11(2,3)4)8-12-10-5-6-10/h7,10,12H,5-6,8H2,1-4H3. The van der Waals surface area contributed by atoms with Gasteiger partial charge in [0, 0.05) is 12.6 Å². The van der Waals surface area contributed by atoms with Gasteiger partial charge in [0.1, 0.15) is 0 Å². The smallest absolute Gasteiger partial charge is 0.0164 e. The van der Waals surface area contributed by atoms with Crippen LogP contribution in [0.3, 0.4) is 0 Å². The van der Waals surface area contributed by atoms with Gasteiger partial charge >= 0.3 is 0 Å². The maximum absolute atomic E-state index is 3.51. The zero-order valence-corrected chi connectivity index (χ0v) is 8.78. The van der Waals surface area contributed by atoms with Crippen LogP contribution >= 0.6 is 0 Å². The molecule has 1 saturated carbocycles. The molecule has 1 aliphatic rings. The van der Waals surface area contributed by atoms with Crippen molar-refractivity contribution in [3.05, 3.63) is 11.6 Å². The highest BCUT2D eigenvalue weighted by Crippen LogP contribution is 2.20. The molecule has 0 bridgehead atoms. The average molecular weight is 167 g/mol. The fourth-order valence-corrected chi connectivity index (χ4v) is 1.38. The first-order chi connectivity index (χ1) is 5.47. The van der Waals surface area contributed by atoms with E-state index in [1.807, 2.05) is 0 Å². The molecular weight excluding hydrogens is 146 g/mol. The van der Waals surface area contributed by atoms with Crippen LogP contribution in [-0.4, -0.2) is 12.6 Å². The van der Waals surface area contributed by atoms with E-state index in [1.54, 1.807) is 0 Å². The van der Waals surface area contributed by atoms with Gasteiger partial charge in [-0.2, -0.15) is 0 Å². The number of nitrogens with one attached hydrogen (secondary N) is 1. The second kappa shape index (κ2) is 3.61. The fraction of sp³-hybridized carbons (Fsp3) is 0.818. The first-order valence-corrected chi connectivity index (χ1v) is 4.89. The van der Waals surface area contributed by atoms with Crippen molar-refractivity contribution < 1.29 is 0 Å². The highest BCUT2D eigenvalue weighted by Gasteiger charge is 2.19. The summed E-state index contributed by atoms with van der Waals surface area (Å²) in [6, 6.07) is 0.827. The van der Waals surface area contributed by atoms with E-state index < -0.39 is 0 Å². The van der Waals surface area contributed by atoms with Crippen LogP contribution < -0.4 is 5.32 Å². The Balaban J connectivity index is 2.25. The van der Waals surface area contributed by atoms with Crippen molar-refractivity contribution in [1.82, 2.24) is 5.32 Å². The van der Waals surface area contributed by atoms with E-state index in [0.29, 0.717) is 5.41 Å². The van der Waals surface area contributed by atoms with Gasteiger partial charge in [-0.3, -0.25) is 0 Å². The molecule has 70 valence electrons. The number of hydrogen-bond donors (Lipinski definition) is 1. The highest BCUT2D eigenvalue weighted by molar-refractivity contribution is 5.06. The van der Waals surface area contributed by atoms with Gasteiger partial charge < -0.3 is 5.32 Å². The van der Waals surface area contributed by atoms with Crippen molar-refractivity contribution in [2.24, 2.45) is 5.41 Å². The van der Waals surface area contributed by atoms with Gasteiger partial charge in [-0.25, -0.2) is 0 Å². The molecule has 1 aliphatic carbocycles. The molecule has 0 unspecified atom stereocenters. The van der Waals surface area contributed by atoms with Gasteiger partial charge in [0.25, 0.3) is 0 Å². The molecule has 0 heterocycles. The van der Waals surface area contributed by atoms with E-state index in [4.69, 9.17) is 0 Å². The Morgan fingerprint density at radius 3 is 2.42 bits per heavy atom. The maximum atomic E-state index is 3.51. The molecule has 0 amide bonds. The molecule has 1 N–H and O–H groups in total. The minimum absolute atomic E-state index is 0.329. The molecule has 0 aromatic rings. The average Bonchev–Trinajstić information content (AvgIpc) is 2.61. The quantitative estimate of drug-likeness (QED) is 0.637. The van der Waals surface area contributed by atoms with E-state index in [1.165, 1.54) is 18.4 Å². The third kappa shape index (κ3) is 4.55. The van der Waals surface area contributed by atoms with Gasteiger partial charge in [0.05, 0.1) is 0 Å². The summed E-state index contributed by atoms with van der Waals surface area (Å²) < 4.78 is 0. The Morgan fingerprint density at radius 1 is 1.42 bits per heavy atom. The van der Waals surface area contributed by atoms with E-state index in [2.05, 4.69) is 39.1 Å². The number of allylic oxidation sites excluding steroid dienone is 1. The monoisotopic (exact) mass is 167 g/mol. The first-order valence-electron chi connectivity index (χ1n) is 4.89. The Bertz CT molecular complexity index is 170. The van der Waals surface area contributed by atoms with E-state index in [9.17, 15) is 0 Å². The van der Waals surface area contributed by atoms with Crippen molar-refractivity contribution in [2.45, 2.75) is 46.6 Å². The summed E-state index contributed by atoms with van der Waals surface area (Å²) in [5.41, 5.74) is 1.80. The summed E-state index contributed by atoms with van der Waals surface area (Å²) in [4.78, 5) is 0. The Hall–Kier alpha value is -0.300. The lowest BCUT2D eigenvalue weighted by molar-refractivity contribution is 0.536. The molecule has 0 aromatic heterocycles. The van der Waals surface area contributed by atoms with Crippen molar-refractivity contribution in [3.63, 3.8) is 0 Å². The van der Waals surface area contributed by atoms with Gasteiger partial charge in [-0.1, -0.05) is 32.4 Å². The SMILES string of the molecule is CC(=CC(C)(C)C)CNC1CC1. The van der Waals surface area contributed by atoms with Crippen LogP contribution in [0.1, 0.15) is 40.5 Å². The molecule has 0 aliphatic heterocycles. The van der Waals surface area contributed by atoms with Gasteiger partial charge in [-0.05, 0) is 25.2 Å². The lowest BCUT2D eigenvalue weighted by atomic mass is 9.94. The normalized spacial score (nSPS) is 19.8. The van der Waals surface area contributed by atoms with Crippen LogP contribution in [-0.2, 0) is 0 Å². The van der Waals surface area contributed by atoms with Crippen molar-refractivity contribution in [1.29, 1.82) is 0 Å². The summed E-state index contributed by atoms with van der Waals surface area (Å²) in [6.45, 7) is 10.0. The third-order valence-electron chi connectivity index (χ3n) is 1.93. The zero-order valence-electron chi connectivity index (χ0n) is 8.78. The summed E-state index contributed by atoms with van der Waals surface area (Å²) in [7, 11) is 0. The maximum Gasteiger partial charge on any atom is 0.0164 e. The molecule has 0 atom stereocenters. The van der Waals surface area contributed by atoms with Crippen LogP contribution in [0.2, 0.25) is 0 Å². The molecule has 0 saturated heterocycles. The summed E-state index contributed by atoms with van der Waals surface area (Å²) in [5.74, 6) is 0. The molecule has 0 spiro atoms. The van der Waals surface area contributed by atoms with E-state index >= 15 is 0 Å². The van der Waals surface area contributed by atoms with Crippen LogP contribution in [0.25, 0.3) is 0 Å². The predicted octanol–water partition coefficient (Wildman–Crippen LogP) is 2.73. The van der Waals surface area contributed by atoms with Crippen LogP contribution in [0.4, 0.5) is 0 Å². The molecule has 1 nitrogen and oxygen atoms in total. The van der Waals surface area contributed by atoms with Crippen molar-refractivity contribution in [2.75, 3.05) is 6.54 Å². The fourth-order valence-electron chi connectivity index (χ4n) is 1.38. The van der Waals surface area contributed by atoms with Crippen molar-refractivity contribution >= 4 is 0 Å². The molecular formula is C11H21N. The largest absolute Gasteiger partial charge is 0.310 e. The topological polar surface area (TPSA) is 12.0 Å². The molecule has 12 heavy (non-hydrogen) atoms. The number of hydrogen-bond acceptors (Lipinski definition) is 1. The zero-order chi connectivity index (χ0) is 9.19. The van der Waals surface area contributed by atoms with Crippen LogP contribution in [0, 0.1) is 5.41 Å². The minimum atomic E-state index is 0.329. The molecule has 1 rings (SSSR count). The molecule has 0 aromatic carbocycles. The van der Waals surface area contributed by atoms with Gasteiger partial charge in [0.2, 0.25) is 0 Å². The summed E-state index contributed by atoms with van der Waals surface area (Å²) in [5, 5.41) is 3.51. The lowest BCUT2D eigenvalue weighted by Crippen LogP contribution is -2.19. The van der Waals surface area contributed by atoms with E-state index in [0.717, 1.165) is 12.6 Å². The Labute approximate surface area is 76.2 Å². The number of rotatable bonds is 3. The molecule has 1 fully saturated rings. The highest BCUT2D eigenvalue weighted by atomic mass is 14.9.